The van der Waals surface area contributed by atoms with Gasteiger partial charge in [0.1, 0.15) is 5.82 Å². The number of halogens is 1. The maximum atomic E-state index is 13.2. The predicted molar refractivity (Wildman–Crippen MR) is 90.1 cm³/mol. The van der Waals surface area contributed by atoms with Crippen LogP contribution in [-0.4, -0.2) is 74.4 Å². The fraction of sp³-hybridized carbons (Fsp3) is 0.611. The van der Waals surface area contributed by atoms with Gasteiger partial charge in [0.25, 0.3) is 0 Å². The molecule has 1 N–H and O–H groups in total. The van der Waals surface area contributed by atoms with Gasteiger partial charge in [-0.05, 0) is 30.7 Å². The molecule has 1 aromatic rings. The highest BCUT2D eigenvalue weighted by Crippen LogP contribution is 2.24. The molecular weight excluding hydrogens is 311 g/mol. The van der Waals surface area contributed by atoms with Crippen molar-refractivity contribution in [3.05, 3.63) is 35.6 Å². The molecule has 1 aliphatic rings. The zero-order chi connectivity index (χ0) is 17.5. The van der Waals surface area contributed by atoms with Crippen LogP contribution in [0, 0.1) is 17.7 Å². The first kappa shape index (κ1) is 18.8. The second-order valence-corrected chi connectivity index (χ2v) is 6.56. The molecule has 1 heterocycles. The number of aliphatic hydroxyl groups excluding tert-OH is 1. The number of nitrogens with zero attached hydrogens (tertiary/aromatic N) is 2. The standard InChI is InChI=1S/C18H27FN2O3/c1-20(6-7-24-2)10-15-11-21(12-16(15)13-22)18(23)9-14-4-3-5-17(19)8-14/h3-5,8,15-16,22H,6-7,9-13H2,1-2H3/t15-,16-/m1/s1. The minimum atomic E-state index is -0.326. The Bertz CT molecular complexity index is 541. The summed E-state index contributed by atoms with van der Waals surface area (Å²) in [5.41, 5.74) is 0.682. The molecule has 5 nitrogen and oxygen atoms in total. The van der Waals surface area contributed by atoms with E-state index in [0.717, 1.165) is 13.1 Å². The molecule has 0 bridgehead atoms. The maximum Gasteiger partial charge on any atom is 0.227 e. The lowest BCUT2D eigenvalue weighted by atomic mass is 9.96. The Kier molecular flexibility index (Phi) is 7.15. The molecule has 2 rings (SSSR count). The SMILES string of the molecule is COCCN(C)C[C@@H]1CN(C(=O)Cc2cccc(F)c2)C[C@@H]1CO. The number of hydrogen-bond acceptors (Lipinski definition) is 4. The molecule has 0 unspecified atom stereocenters. The molecule has 0 radical (unpaired) electrons. The summed E-state index contributed by atoms with van der Waals surface area (Å²) in [5, 5.41) is 9.62. The summed E-state index contributed by atoms with van der Waals surface area (Å²) in [6.45, 7) is 3.58. The van der Waals surface area contributed by atoms with Gasteiger partial charge in [-0.2, -0.15) is 0 Å². The van der Waals surface area contributed by atoms with Crippen LogP contribution >= 0.6 is 0 Å². The van der Waals surface area contributed by atoms with Gasteiger partial charge in [0.05, 0.1) is 13.0 Å². The lowest BCUT2D eigenvalue weighted by Gasteiger charge is -2.23. The van der Waals surface area contributed by atoms with Crippen molar-refractivity contribution in [2.24, 2.45) is 11.8 Å². The van der Waals surface area contributed by atoms with Crippen LogP contribution in [0.1, 0.15) is 5.56 Å². The van der Waals surface area contributed by atoms with Gasteiger partial charge >= 0.3 is 0 Å². The lowest BCUT2D eigenvalue weighted by Crippen LogP contribution is -2.34. The van der Waals surface area contributed by atoms with Gasteiger partial charge in [0.15, 0.2) is 0 Å². The number of carbonyl (C=O) groups excluding carboxylic acids is 1. The third-order valence-corrected chi connectivity index (χ3v) is 4.63. The smallest absolute Gasteiger partial charge is 0.227 e. The average Bonchev–Trinajstić information content (AvgIpc) is 2.96. The van der Waals surface area contributed by atoms with Gasteiger partial charge in [-0.15, -0.1) is 0 Å². The first-order chi connectivity index (χ1) is 11.5. The lowest BCUT2D eigenvalue weighted by molar-refractivity contribution is -0.129. The highest BCUT2D eigenvalue weighted by Gasteiger charge is 2.35. The fourth-order valence-corrected chi connectivity index (χ4v) is 3.23. The molecule has 24 heavy (non-hydrogen) atoms. The number of carbonyl (C=O) groups is 1. The molecule has 0 aromatic heterocycles. The molecule has 6 heteroatoms. The van der Waals surface area contributed by atoms with Crippen molar-refractivity contribution in [1.82, 2.24) is 9.80 Å². The van der Waals surface area contributed by atoms with Gasteiger partial charge in [-0.1, -0.05) is 12.1 Å². The predicted octanol–water partition coefficient (Wildman–Crippen LogP) is 1.01. The van der Waals surface area contributed by atoms with Crippen molar-refractivity contribution >= 4 is 5.91 Å². The van der Waals surface area contributed by atoms with Gasteiger partial charge < -0.3 is 19.6 Å². The normalized spacial score (nSPS) is 20.8. The minimum Gasteiger partial charge on any atom is -0.396 e. The molecule has 2 atom stereocenters. The van der Waals surface area contributed by atoms with Crippen LogP contribution in [0.25, 0.3) is 0 Å². The van der Waals surface area contributed by atoms with Crippen molar-refractivity contribution in [1.29, 1.82) is 0 Å². The molecule has 0 saturated carbocycles. The number of hydrogen-bond donors (Lipinski definition) is 1. The molecule has 1 fully saturated rings. The monoisotopic (exact) mass is 338 g/mol. The Balaban J connectivity index is 1.91. The van der Waals surface area contributed by atoms with E-state index < -0.39 is 0 Å². The van der Waals surface area contributed by atoms with E-state index in [-0.39, 0.29) is 36.6 Å². The molecule has 1 saturated heterocycles. The molecule has 1 amide bonds. The quantitative estimate of drug-likeness (QED) is 0.769. The van der Waals surface area contributed by atoms with Crippen LogP contribution in [0.4, 0.5) is 4.39 Å². The van der Waals surface area contributed by atoms with Gasteiger partial charge in [-0.3, -0.25) is 4.79 Å². The van der Waals surface area contributed by atoms with Crippen LogP contribution in [0.3, 0.4) is 0 Å². The van der Waals surface area contributed by atoms with Crippen molar-refractivity contribution in [3.8, 4) is 0 Å². The Hall–Kier alpha value is -1.50. The first-order valence-electron chi connectivity index (χ1n) is 8.34. The number of likely N-dealkylation sites (N-methyl/N-ethyl adjacent to an activating group) is 1. The maximum absolute atomic E-state index is 13.2. The topological polar surface area (TPSA) is 53.0 Å². The Morgan fingerprint density at radius 2 is 2.17 bits per heavy atom. The van der Waals surface area contributed by atoms with Gasteiger partial charge in [-0.25, -0.2) is 4.39 Å². The van der Waals surface area contributed by atoms with E-state index in [1.807, 2.05) is 7.05 Å². The number of likely N-dealkylation sites (tertiary alicyclic amines) is 1. The van der Waals surface area contributed by atoms with Crippen LogP contribution < -0.4 is 0 Å². The summed E-state index contributed by atoms with van der Waals surface area (Å²) in [6, 6.07) is 6.15. The number of rotatable bonds is 8. The second-order valence-electron chi connectivity index (χ2n) is 6.56. The van der Waals surface area contributed by atoms with Crippen molar-refractivity contribution in [3.63, 3.8) is 0 Å². The number of aliphatic hydroxyl groups is 1. The summed E-state index contributed by atoms with van der Waals surface area (Å²) in [6.07, 6.45) is 0.197. The fourth-order valence-electron chi connectivity index (χ4n) is 3.23. The van der Waals surface area contributed by atoms with Crippen LogP contribution in [0.2, 0.25) is 0 Å². The highest BCUT2D eigenvalue weighted by atomic mass is 19.1. The zero-order valence-corrected chi connectivity index (χ0v) is 14.4. The highest BCUT2D eigenvalue weighted by molar-refractivity contribution is 5.79. The molecule has 1 aliphatic heterocycles. The van der Waals surface area contributed by atoms with E-state index in [1.165, 1.54) is 12.1 Å². The van der Waals surface area contributed by atoms with E-state index in [1.54, 1.807) is 24.1 Å². The Morgan fingerprint density at radius 1 is 1.42 bits per heavy atom. The average molecular weight is 338 g/mol. The summed E-state index contributed by atoms with van der Waals surface area (Å²) in [4.78, 5) is 16.4. The van der Waals surface area contributed by atoms with Crippen molar-refractivity contribution in [2.75, 3.05) is 53.6 Å². The van der Waals surface area contributed by atoms with E-state index >= 15 is 0 Å². The van der Waals surface area contributed by atoms with Crippen LogP contribution in [0.15, 0.2) is 24.3 Å². The van der Waals surface area contributed by atoms with E-state index in [9.17, 15) is 14.3 Å². The molecule has 0 spiro atoms. The second kappa shape index (κ2) is 9.11. The summed E-state index contributed by atoms with van der Waals surface area (Å²) >= 11 is 0. The third-order valence-electron chi connectivity index (χ3n) is 4.63. The first-order valence-corrected chi connectivity index (χ1v) is 8.34. The Labute approximate surface area is 143 Å². The Morgan fingerprint density at radius 3 is 2.83 bits per heavy atom. The van der Waals surface area contributed by atoms with Gasteiger partial charge in [0.2, 0.25) is 5.91 Å². The number of amides is 1. The zero-order valence-electron chi connectivity index (χ0n) is 14.4. The molecule has 1 aromatic carbocycles. The largest absolute Gasteiger partial charge is 0.396 e. The van der Waals surface area contributed by atoms with E-state index in [4.69, 9.17) is 4.74 Å². The van der Waals surface area contributed by atoms with E-state index in [2.05, 4.69) is 4.90 Å². The van der Waals surface area contributed by atoms with Crippen molar-refractivity contribution < 1.29 is 19.0 Å². The van der Waals surface area contributed by atoms with Crippen molar-refractivity contribution in [2.45, 2.75) is 6.42 Å². The van der Waals surface area contributed by atoms with Gasteiger partial charge in [0, 0.05) is 45.8 Å². The van der Waals surface area contributed by atoms with E-state index in [0.29, 0.717) is 25.3 Å². The molecule has 0 aliphatic carbocycles. The molecular formula is C18H27FN2O3. The minimum absolute atomic E-state index is 0.0129. The van der Waals surface area contributed by atoms with Crippen LogP contribution in [-0.2, 0) is 16.0 Å². The number of benzene rings is 1. The summed E-state index contributed by atoms with van der Waals surface area (Å²) < 4.78 is 18.3. The number of methoxy groups -OCH3 is 1. The summed E-state index contributed by atoms with van der Waals surface area (Å²) in [7, 11) is 3.69. The third kappa shape index (κ3) is 5.26. The van der Waals surface area contributed by atoms with Crippen LogP contribution in [0.5, 0.6) is 0 Å². The number of ether oxygens (including phenoxy) is 1. The summed E-state index contributed by atoms with van der Waals surface area (Å²) in [5.74, 6) is -0.00605. The molecule has 134 valence electrons.